The second-order valence-electron chi connectivity index (χ2n) is 3.21. The fourth-order valence-electron chi connectivity index (χ4n) is 1.04. The lowest BCUT2D eigenvalue weighted by Crippen LogP contribution is -2.42. The molecule has 0 aromatic carbocycles. The van der Waals surface area contributed by atoms with Crippen LogP contribution in [0.3, 0.4) is 0 Å². The SMILES string of the molecule is CCOCCNC(C(=O)O)C(C)C. The van der Waals surface area contributed by atoms with Gasteiger partial charge in [0.15, 0.2) is 0 Å². The number of rotatable bonds is 7. The van der Waals surface area contributed by atoms with Crippen molar-refractivity contribution < 1.29 is 14.6 Å². The molecule has 78 valence electrons. The summed E-state index contributed by atoms with van der Waals surface area (Å²) in [6.07, 6.45) is 0. The Labute approximate surface area is 79.3 Å². The molecule has 13 heavy (non-hydrogen) atoms. The Balaban J connectivity index is 3.64. The molecule has 0 rings (SSSR count). The average molecular weight is 189 g/mol. The van der Waals surface area contributed by atoms with Crippen molar-refractivity contribution >= 4 is 5.97 Å². The van der Waals surface area contributed by atoms with E-state index in [4.69, 9.17) is 9.84 Å². The molecule has 4 heteroatoms. The molecule has 0 bridgehead atoms. The summed E-state index contributed by atoms with van der Waals surface area (Å²) in [6, 6.07) is -0.472. The highest BCUT2D eigenvalue weighted by atomic mass is 16.5. The van der Waals surface area contributed by atoms with Crippen LogP contribution in [0.1, 0.15) is 20.8 Å². The van der Waals surface area contributed by atoms with Crippen molar-refractivity contribution in [1.82, 2.24) is 5.32 Å². The Bertz CT molecular complexity index is 148. The normalized spacial score (nSPS) is 13.2. The van der Waals surface area contributed by atoms with E-state index in [-0.39, 0.29) is 5.92 Å². The molecule has 0 aliphatic carbocycles. The van der Waals surface area contributed by atoms with Crippen molar-refractivity contribution in [2.45, 2.75) is 26.8 Å². The topological polar surface area (TPSA) is 58.6 Å². The Morgan fingerprint density at radius 1 is 1.54 bits per heavy atom. The fourth-order valence-corrected chi connectivity index (χ4v) is 1.04. The van der Waals surface area contributed by atoms with Crippen molar-refractivity contribution in [3.63, 3.8) is 0 Å². The molecule has 0 spiro atoms. The maximum atomic E-state index is 10.7. The van der Waals surface area contributed by atoms with Crippen LogP contribution in [0.25, 0.3) is 0 Å². The van der Waals surface area contributed by atoms with Gasteiger partial charge in [-0.15, -0.1) is 0 Å². The van der Waals surface area contributed by atoms with E-state index in [0.717, 1.165) is 0 Å². The summed E-state index contributed by atoms with van der Waals surface area (Å²) in [5.74, 6) is -0.703. The van der Waals surface area contributed by atoms with Gasteiger partial charge < -0.3 is 15.2 Å². The molecule has 0 aliphatic heterocycles. The van der Waals surface area contributed by atoms with E-state index in [0.29, 0.717) is 19.8 Å². The first-order valence-electron chi connectivity index (χ1n) is 4.63. The third-order valence-corrected chi connectivity index (χ3v) is 1.75. The Morgan fingerprint density at radius 3 is 2.54 bits per heavy atom. The smallest absolute Gasteiger partial charge is 0.320 e. The maximum absolute atomic E-state index is 10.7. The molecule has 1 atom stereocenters. The lowest BCUT2D eigenvalue weighted by atomic mass is 10.1. The summed E-state index contributed by atoms with van der Waals surface area (Å²) in [7, 11) is 0. The average Bonchev–Trinajstić information content (AvgIpc) is 2.02. The first-order chi connectivity index (χ1) is 6.09. The van der Waals surface area contributed by atoms with Crippen LogP contribution in [-0.2, 0) is 9.53 Å². The van der Waals surface area contributed by atoms with E-state index in [9.17, 15) is 4.79 Å². The van der Waals surface area contributed by atoms with E-state index in [1.807, 2.05) is 20.8 Å². The molecule has 0 fully saturated rings. The van der Waals surface area contributed by atoms with Crippen molar-refractivity contribution in [3.05, 3.63) is 0 Å². The predicted octanol–water partition coefficient (Wildman–Crippen LogP) is 0.722. The zero-order valence-corrected chi connectivity index (χ0v) is 8.54. The van der Waals surface area contributed by atoms with Crippen molar-refractivity contribution in [2.24, 2.45) is 5.92 Å². The van der Waals surface area contributed by atoms with Gasteiger partial charge in [-0.25, -0.2) is 0 Å². The van der Waals surface area contributed by atoms with E-state index in [2.05, 4.69) is 5.32 Å². The van der Waals surface area contributed by atoms with Crippen molar-refractivity contribution in [3.8, 4) is 0 Å². The first-order valence-corrected chi connectivity index (χ1v) is 4.63. The number of carboxylic acid groups (broad SMARTS) is 1. The number of aliphatic carboxylic acids is 1. The van der Waals surface area contributed by atoms with E-state index in [1.54, 1.807) is 0 Å². The zero-order valence-electron chi connectivity index (χ0n) is 8.54. The molecule has 0 amide bonds. The summed E-state index contributed by atoms with van der Waals surface area (Å²) in [5, 5.41) is 11.7. The molecule has 0 heterocycles. The van der Waals surface area contributed by atoms with Crippen LogP contribution in [0.2, 0.25) is 0 Å². The van der Waals surface area contributed by atoms with Crippen LogP contribution in [0.15, 0.2) is 0 Å². The minimum absolute atomic E-state index is 0.0964. The third kappa shape index (κ3) is 5.60. The summed E-state index contributed by atoms with van der Waals surface area (Å²) >= 11 is 0. The number of ether oxygens (including phenoxy) is 1. The summed E-state index contributed by atoms with van der Waals surface area (Å²) in [4.78, 5) is 10.7. The lowest BCUT2D eigenvalue weighted by Gasteiger charge is -2.17. The minimum atomic E-state index is -0.800. The molecule has 2 N–H and O–H groups in total. The molecule has 1 unspecified atom stereocenters. The third-order valence-electron chi connectivity index (χ3n) is 1.75. The zero-order chi connectivity index (χ0) is 10.3. The summed E-state index contributed by atoms with van der Waals surface area (Å²) in [6.45, 7) is 7.49. The van der Waals surface area contributed by atoms with E-state index >= 15 is 0 Å². The lowest BCUT2D eigenvalue weighted by molar-refractivity contribution is -0.140. The van der Waals surface area contributed by atoms with E-state index in [1.165, 1.54) is 0 Å². The summed E-state index contributed by atoms with van der Waals surface area (Å²) in [5.41, 5.74) is 0. The monoisotopic (exact) mass is 189 g/mol. The maximum Gasteiger partial charge on any atom is 0.320 e. The van der Waals surface area contributed by atoms with Crippen LogP contribution in [0.4, 0.5) is 0 Å². The first kappa shape index (κ1) is 12.4. The van der Waals surface area contributed by atoms with Gasteiger partial charge in [-0.2, -0.15) is 0 Å². The highest BCUT2D eigenvalue weighted by molar-refractivity contribution is 5.73. The van der Waals surface area contributed by atoms with Gasteiger partial charge in [0.1, 0.15) is 6.04 Å². The number of carbonyl (C=O) groups is 1. The van der Waals surface area contributed by atoms with Crippen LogP contribution in [0, 0.1) is 5.92 Å². The highest BCUT2D eigenvalue weighted by Gasteiger charge is 2.19. The van der Waals surface area contributed by atoms with Gasteiger partial charge in [0.05, 0.1) is 6.61 Å². The van der Waals surface area contributed by atoms with Crippen LogP contribution >= 0.6 is 0 Å². The van der Waals surface area contributed by atoms with Crippen LogP contribution in [0.5, 0.6) is 0 Å². The standard InChI is InChI=1S/C9H19NO3/c1-4-13-6-5-10-8(7(2)3)9(11)12/h7-8,10H,4-6H2,1-3H3,(H,11,12). The van der Waals surface area contributed by atoms with Crippen LogP contribution < -0.4 is 5.32 Å². The molecule has 0 radical (unpaired) electrons. The van der Waals surface area contributed by atoms with E-state index < -0.39 is 12.0 Å². The second kappa shape index (κ2) is 6.86. The largest absolute Gasteiger partial charge is 0.480 e. The molecule has 0 saturated carbocycles. The highest BCUT2D eigenvalue weighted by Crippen LogP contribution is 2.00. The Morgan fingerprint density at radius 2 is 2.15 bits per heavy atom. The number of hydrogen-bond donors (Lipinski definition) is 2. The molecule has 0 aromatic heterocycles. The fraction of sp³-hybridized carbons (Fsp3) is 0.889. The number of carboxylic acids is 1. The van der Waals surface area contributed by atoms with Gasteiger partial charge >= 0.3 is 5.97 Å². The van der Waals surface area contributed by atoms with Gasteiger partial charge in [-0.3, -0.25) is 4.79 Å². The molecular formula is C9H19NO3. The van der Waals surface area contributed by atoms with Gasteiger partial charge in [-0.1, -0.05) is 13.8 Å². The Kier molecular flexibility index (Phi) is 6.54. The molecule has 0 aliphatic rings. The minimum Gasteiger partial charge on any atom is -0.480 e. The van der Waals surface area contributed by atoms with Crippen LogP contribution in [-0.4, -0.2) is 36.9 Å². The van der Waals surface area contributed by atoms with Crippen molar-refractivity contribution in [1.29, 1.82) is 0 Å². The molecule has 4 nitrogen and oxygen atoms in total. The second-order valence-corrected chi connectivity index (χ2v) is 3.21. The van der Waals surface area contributed by atoms with Gasteiger partial charge in [0, 0.05) is 13.2 Å². The van der Waals surface area contributed by atoms with Gasteiger partial charge in [0.25, 0.3) is 0 Å². The van der Waals surface area contributed by atoms with Gasteiger partial charge in [0.2, 0.25) is 0 Å². The molecular weight excluding hydrogens is 170 g/mol. The predicted molar refractivity (Wildman–Crippen MR) is 50.8 cm³/mol. The summed E-state index contributed by atoms with van der Waals surface area (Å²) < 4.78 is 5.09. The quantitative estimate of drug-likeness (QED) is 0.579. The van der Waals surface area contributed by atoms with Crippen molar-refractivity contribution in [2.75, 3.05) is 19.8 Å². The Hall–Kier alpha value is -0.610. The number of nitrogens with one attached hydrogen (secondary N) is 1. The van der Waals surface area contributed by atoms with Gasteiger partial charge in [-0.05, 0) is 12.8 Å². The number of hydrogen-bond acceptors (Lipinski definition) is 3. The molecule has 0 saturated heterocycles. The molecule has 0 aromatic rings.